The zero-order valence-corrected chi connectivity index (χ0v) is 10.3. The van der Waals surface area contributed by atoms with Crippen LogP contribution in [0.25, 0.3) is 0 Å². The lowest BCUT2D eigenvalue weighted by molar-refractivity contribution is -0.132. The molecule has 3 nitrogen and oxygen atoms in total. The highest BCUT2D eigenvalue weighted by atomic mass is 16.2. The van der Waals surface area contributed by atoms with Crippen LogP contribution in [0.15, 0.2) is 0 Å². The quantitative estimate of drug-likeness (QED) is 0.768. The lowest BCUT2D eigenvalue weighted by Gasteiger charge is -2.28. The maximum atomic E-state index is 11.9. The van der Waals surface area contributed by atoms with Crippen LogP contribution in [0.5, 0.6) is 0 Å². The molecule has 0 bridgehead atoms. The molecule has 2 unspecified atom stereocenters. The van der Waals surface area contributed by atoms with Crippen LogP contribution in [-0.4, -0.2) is 37.0 Å². The Balaban J connectivity index is 2.33. The van der Waals surface area contributed by atoms with Gasteiger partial charge in [0.2, 0.25) is 5.91 Å². The van der Waals surface area contributed by atoms with Crippen molar-refractivity contribution in [3.8, 4) is 0 Å². The highest BCUT2D eigenvalue weighted by molar-refractivity contribution is 5.76. The number of hydrogen-bond acceptors (Lipinski definition) is 2. The summed E-state index contributed by atoms with van der Waals surface area (Å²) in [7, 11) is 1.92. The fraction of sp³-hybridized carbons (Fsp3) is 0.917. The van der Waals surface area contributed by atoms with Gasteiger partial charge in [-0.2, -0.15) is 0 Å². The molecule has 0 aromatic carbocycles. The molecule has 15 heavy (non-hydrogen) atoms. The maximum absolute atomic E-state index is 11.9. The third kappa shape index (κ3) is 3.82. The van der Waals surface area contributed by atoms with E-state index in [9.17, 15) is 4.79 Å². The Morgan fingerprint density at radius 3 is 2.87 bits per heavy atom. The fourth-order valence-electron chi connectivity index (χ4n) is 2.01. The Hall–Kier alpha value is -0.570. The van der Waals surface area contributed by atoms with E-state index in [0.717, 1.165) is 19.5 Å². The van der Waals surface area contributed by atoms with E-state index in [1.54, 1.807) is 0 Å². The van der Waals surface area contributed by atoms with Crippen molar-refractivity contribution < 1.29 is 4.79 Å². The number of nitrogens with zero attached hydrogens (tertiary/aromatic N) is 1. The van der Waals surface area contributed by atoms with Crippen LogP contribution >= 0.6 is 0 Å². The van der Waals surface area contributed by atoms with E-state index in [1.807, 2.05) is 11.9 Å². The monoisotopic (exact) mass is 212 g/mol. The number of carbonyl (C=O) groups excluding carboxylic acids is 1. The van der Waals surface area contributed by atoms with Crippen LogP contribution < -0.4 is 5.32 Å². The van der Waals surface area contributed by atoms with E-state index in [0.29, 0.717) is 24.3 Å². The van der Waals surface area contributed by atoms with Crippen molar-refractivity contribution >= 4 is 5.91 Å². The van der Waals surface area contributed by atoms with Crippen molar-refractivity contribution in [2.75, 3.05) is 20.1 Å². The van der Waals surface area contributed by atoms with Gasteiger partial charge in [0.05, 0.1) is 0 Å². The SMILES string of the molecule is CCC(C)N(C)C(=O)CC1CCCNC1. The van der Waals surface area contributed by atoms with E-state index >= 15 is 0 Å². The number of hydrogen-bond donors (Lipinski definition) is 1. The minimum Gasteiger partial charge on any atom is -0.343 e. The molecule has 3 heteroatoms. The van der Waals surface area contributed by atoms with Crippen LogP contribution in [0.1, 0.15) is 39.5 Å². The topological polar surface area (TPSA) is 32.3 Å². The zero-order chi connectivity index (χ0) is 11.3. The van der Waals surface area contributed by atoms with Gasteiger partial charge in [-0.25, -0.2) is 0 Å². The van der Waals surface area contributed by atoms with E-state index in [1.165, 1.54) is 12.8 Å². The largest absolute Gasteiger partial charge is 0.343 e. The van der Waals surface area contributed by atoms with Gasteiger partial charge in [-0.3, -0.25) is 4.79 Å². The summed E-state index contributed by atoms with van der Waals surface area (Å²) in [4.78, 5) is 13.8. The van der Waals surface area contributed by atoms with E-state index in [4.69, 9.17) is 0 Å². The third-order valence-corrected chi connectivity index (χ3v) is 3.51. The molecule has 1 aliphatic heterocycles. The van der Waals surface area contributed by atoms with Crippen LogP contribution in [0, 0.1) is 5.92 Å². The van der Waals surface area contributed by atoms with Crippen LogP contribution in [0.4, 0.5) is 0 Å². The predicted octanol–water partition coefficient (Wildman–Crippen LogP) is 1.63. The van der Waals surface area contributed by atoms with Gasteiger partial charge in [0, 0.05) is 19.5 Å². The molecular formula is C12H24N2O. The summed E-state index contributed by atoms with van der Waals surface area (Å²) in [5.74, 6) is 0.857. The summed E-state index contributed by atoms with van der Waals surface area (Å²) >= 11 is 0. The van der Waals surface area contributed by atoms with Crippen molar-refractivity contribution in [3.63, 3.8) is 0 Å². The molecule has 0 aromatic heterocycles. The second kappa shape index (κ2) is 6.11. The van der Waals surface area contributed by atoms with Crippen molar-refractivity contribution in [1.82, 2.24) is 10.2 Å². The van der Waals surface area contributed by atoms with E-state index < -0.39 is 0 Å². The second-order valence-electron chi connectivity index (χ2n) is 4.68. The van der Waals surface area contributed by atoms with Crippen LogP contribution in [0.2, 0.25) is 0 Å². The van der Waals surface area contributed by atoms with Crippen molar-refractivity contribution in [2.24, 2.45) is 5.92 Å². The molecule has 2 atom stereocenters. The molecular weight excluding hydrogens is 188 g/mol. The predicted molar refractivity (Wildman–Crippen MR) is 62.7 cm³/mol. The Morgan fingerprint density at radius 1 is 1.60 bits per heavy atom. The van der Waals surface area contributed by atoms with Gasteiger partial charge in [-0.1, -0.05) is 6.92 Å². The Labute approximate surface area is 93.2 Å². The smallest absolute Gasteiger partial charge is 0.222 e. The summed E-state index contributed by atoms with van der Waals surface area (Å²) in [6.07, 6.45) is 4.16. The van der Waals surface area contributed by atoms with Crippen LogP contribution in [-0.2, 0) is 4.79 Å². The summed E-state index contributed by atoms with van der Waals surface area (Å²) < 4.78 is 0. The third-order valence-electron chi connectivity index (χ3n) is 3.51. The minimum atomic E-state index is 0.304. The molecule has 1 amide bonds. The Bertz CT molecular complexity index is 200. The first kappa shape index (κ1) is 12.5. The van der Waals surface area contributed by atoms with Gasteiger partial charge < -0.3 is 10.2 Å². The molecule has 1 heterocycles. The van der Waals surface area contributed by atoms with E-state index in [2.05, 4.69) is 19.2 Å². The Kier molecular flexibility index (Phi) is 5.09. The average molecular weight is 212 g/mol. The van der Waals surface area contributed by atoms with Gasteiger partial charge in [0.1, 0.15) is 0 Å². The normalized spacial score (nSPS) is 23.5. The highest BCUT2D eigenvalue weighted by Gasteiger charge is 2.20. The first-order chi connectivity index (χ1) is 7.15. The second-order valence-corrected chi connectivity index (χ2v) is 4.68. The first-order valence-corrected chi connectivity index (χ1v) is 6.11. The molecule has 88 valence electrons. The molecule has 0 aromatic rings. The molecule has 0 radical (unpaired) electrons. The Morgan fingerprint density at radius 2 is 2.33 bits per heavy atom. The molecule has 1 aliphatic rings. The van der Waals surface area contributed by atoms with Crippen molar-refractivity contribution in [1.29, 1.82) is 0 Å². The first-order valence-electron chi connectivity index (χ1n) is 6.11. The summed E-state index contributed by atoms with van der Waals surface area (Å²) in [5.41, 5.74) is 0. The fourth-order valence-corrected chi connectivity index (χ4v) is 2.01. The van der Waals surface area contributed by atoms with Crippen molar-refractivity contribution in [2.45, 2.75) is 45.6 Å². The lowest BCUT2D eigenvalue weighted by Crippen LogP contribution is -2.38. The molecule has 1 N–H and O–H groups in total. The molecule has 1 rings (SSSR count). The molecule has 1 saturated heterocycles. The summed E-state index contributed by atoms with van der Waals surface area (Å²) in [5, 5.41) is 3.35. The molecule has 0 saturated carbocycles. The van der Waals surface area contributed by atoms with E-state index in [-0.39, 0.29) is 0 Å². The number of nitrogens with one attached hydrogen (secondary N) is 1. The lowest BCUT2D eigenvalue weighted by atomic mass is 9.95. The minimum absolute atomic E-state index is 0.304. The van der Waals surface area contributed by atoms with Crippen LogP contribution in [0.3, 0.4) is 0 Å². The summed E-state index contributed by atoms with van der Waals surface area (Å²) in [6.45, 7) is 6.36. The zero-order valence-electron chi connectivity index (χ0n) is 10.3. The number of piperidine rings is 1. The molecule has 0 aliphatic carbocycles. The molecule has 1 fully saturated rings. The van der Waals surface area contributed by atoms with Gasteiger partial charge in [-0.05, 0) is 45.2 Å². The average Bonchev–Trinajstić information content (AvgIpc) is 2.28. The number of amides is 1. The highest BCUT2D eigenvalue weighted by Crippen LogP contribution is 2.16. The standard InChI is InChI=1S/C12H24N2O/c1-4-10(2)14(3)12(15)8-11-6-5-7-13-9-11/h10-11,13H,4-9H2,1-3H3. The van der Waals surface area contributed by atoms with Gasteiger partial charge >= 0.3 is 0 Å². The molecule has 0 spiro atoms. The van der Waals surface area contributed by atoms with Gasteiger partial charge in [-0.15, -0.1) is 0 Å². The van der Waals surface area contributed by atoms with Gasteiger partial charge in [0.15, 0.2) is 0 Å². The number of rotatable bonds is 4. The summed E-state index contributed by atoms with van der Waals surface area (Å²) in [6, 6.07) is 0.369. The maximum Gasteiger partial charge on any atom is 0.222 e. The van der Waals surface area contributed by atoms with Gasteiger partial charge in [0.25, 0.3) is 0 Å². The van der Waals surface area contributed by atoms with Crippen molar-refractivity contribution in [3.05, 3.63) is 0 Å². The number of carbonyl (C=O) groups is 1.